The van der Waals surface area contributed by atoms with E-state index in [4.69, 9.17) is 23.2 Å². The Labute approximate surface area is 151 Å². The van der Waals surface area contributed by atoms with Crippen LogP contribution in [-0.2, 0) is 0 Å². The van der Waals surface area contributed by atoms with E-state index in [2.05, 4.69) is 15.5 Å². The number of hydrogen-bond acceptors (Lipinski definition) is 5. The molecule has 0 aromatic heterocycles. The molecule has 2 aromatic carbocycles. The number of non-ortho nitro benzene ring substituents is 1. The molecule has 0 saturated carbocycles. The van der Waals surface area contributed by atoms with Crippen LogP contribution in [0.15, 0.2) is 52.6 Å². The summed E-state index contributed by atoms with van der Waals surface area (Å²) in [6, 6.07) is 11.4. The molecule has 0 aliphatic carbocycles. The number of nitro benzene ring substituents is 1. The lowest BCUT2D eigenvalue weighted by atomic mass is 10.1. The van der Waals surface area contributed by atoms with Crippen molar-refractivity contribution in [3.63, 3.8) is 0 Å². The number of nitrogens with one attached hydrogen (secondary N) is 1. The number of nitro groups is 1. The van der Waals surface area contributed by atoms with Crippen LogP contribution < -0.4 is 5.43 Å². The number of rotatable bonds is 3. The lowest BCUT2D eigenvalue weighted by molar-refractivity contribution is -0.384. The molecule has 0 atom stereocenters. The predicted octanol–water partition coefficient (Wildman–Crippen LogP) is 4.63. The molecular weight excluding hydrogens is 371 g/mol. The summed E-state index contributed by atoms with van der Waals surface area (Å²) >= 11 is 13.4. The van der Waals surface area contributed by atoms with Crippen molar-refractivity contribution >= 4 is 57.2 Å². The Hall–Kier alpha value is -2.09. The van der Waals surface area contributed by atoms with E-state index < -0.39 is 4.92 Å². The fraction of sp³-hybridized carbons (Fsp3) is 0.0667. The lowest BCUT2D eigenvalue weighted by Crippen LogP contribution is -2.25. The van der Waals surface area contributed by atoms with Crippen LogP contribution in [0.25, 0.3) is 0 Å². The summed E-state index contributed by atoms with van der Waals surface area (Å²) in [5.74, 6) is 0.540. The first kappa shape index (κ1) is 16.8. The average Bonchev–Trinajstić information content (AvgIpc) is 2.58. The molecule has 3 rings (SSSR count). The Morgan fingerprint density at radius 3 is 2.75 bits per heavy atom. The second-order valence-electron chi connectivity index (χ2n) is 4.78. The second kappa shape index (κ2) is 7.21. The number of halogens is 2. The molecule has 0 amide bonds. The summed E-state index contributed by atoms with van der Waals surface area (Å²) in [7, 11) is 0. The highest BCUT2D eigenvalue weighted by molar-refractivity contribution is 8.14. The van der Waals surface area contributed by atoms with E-state index in [0.29, 0.717) is 37.9 Å². The monoisotopic (exact) mass is 380 g/mol. The summed E-state index contributed by atoms with van der Waals surface area (Å²) < 4.78 is 0. The minimum absolute atomic E-state index is 0.0348. The van der Waals surface area contributed by atoms with Gasteiger partial charge in [-0.15, -0.1) is 0 Å². The van der Waals surface area contributed by atoms with Crippen LogP contribution >= 0.6 is 35.0 Å². The van der Waals surface area contributed by atoms with Gasteiger partial charge in [-0.1, -0.05) is 47.1 Å². The minimum atomic E-state index is -0.428. The molecule has 2 aromatic rings. The Balaban J connectivity index is 1.80. The zero-order valence-corrected chi connectivity index (χ0v) is 14.4. The number of hydrogen-bond donors (Lipinski definition) is 1. The van der Waals surface area contributed by atoms with Crippen molar-refractivity contribution in [2.45, 2.75) is 0 Å². The number of amidine groups is 1. The van der Waals surface area contributed by atoms with Gasteiger partial charge in [0.25, 0.3) is 5.69 Å². The van der Waals surface area contributed by atoms with Crippen LogP contribution in [0.3, 0.4) is 0 Å². The number of benzene rings is 2. The van der Waals surface area contributed by atoms with E-state index in [9.17, 15) is 10.1 Å². The van der Waals surface area contributed by atoms with E-state index in [1.54, 1.807) is 30.3 Å². The van der Waals surface area contributed by atoms with Crippen LogP contribution in [0.5, 0.6) is 0 Å². The van der Waals surface area contributed by atoms with E-state index in [0.717, 1.165) is 0 Å². The topological polar surface area (TPSA) is 79.9 Å². The molecular formula is C15H10Cl2N4O2S. The fourth-order valence-corrected chi connectivity index (χ4v) is 3.23. The largest absolute Gasteiger partial charge is 0.270 e. The van der Waals surface area contributed by atoms with Crippen molar-refractivity contribution in [2.75, 3.05) is 5.75 Å². The zero-order valence-electron chi connectivity index (χ0n) is 12.1. The maximum absolute atomic E-state index is 10.9. The Kier molecular flexibility index (Phi) is 5.03. The SMILES string of the molecule is O=[N+]([O-])c1cccc(C2=NNC(=Nc3ccc(Cl)cc3Cl)SC2)c1. The molecule has 0 unspecified atom stereocenters. The van der Waals surface area contributed by atoms with Crippen molar-refractivity contribution in [1.82, 2.24) is 5.43 Å². The Morgan fingerprint density at radius 1 is 1.25 bits per heavy atom. The molecule has 1 aliphatic rings. The number of aliphatic imine (C=N–C) groups is 1. The maximum Gasteiger partial charge on any atom is 0.270 e. The molecule has 0 fully saturated rings. The normalized spacial score (nSPS) is 15.8. The van der Waals surface area contributed by atoms with Gasteiger partial charge < -0.3 is 0 Å². The van der Waals surface area contributed by atoms with Gasteiger partial charge in [0.15, 0.2) is 5.17 Å². The second-order valence-corrected chi connectivity index (χ2v) is 6.59. The standard InChI is InChI=1S/C15H10Cl2N4O2S/c16-10-4-5-13(12(17)7-10)18-15-20-19-14(8-24-15)9-2-1-3-11(6-9)21(22)23/h1-7H,8H2,(H,18,20). The van der Waals surface area contributed by atoms with Crippen LogP contribution in [0.1, 0.15) is 5.56 Å². The van der Waals surface area contributed by atoms with Crippen molar-refractivity contribution in [3.05, 3.63) is 68.2 Å². The molecule has 122 valence electrons. The summed E-state index contributed by atoms with van der Waals surface area (Å²) in [6.07, 6.45) is 0. The molecule has 0 spiro atoms. The third kappa shape index (κ3) is 3.87. The molecule has 24 heavy (non-hydrogen) atoms. The molecule has 6 nitrogen and oxygen atoms in total. The zero-order chi connectivity index (χ0) is 17.1. The van der Waals surface area contributed by atoms with Gasteiger partial charge in [0.2, 0.25) is 0 Å². The molecule has 0 saturated heterocycles. The summed E-state index contributed by atoms with van der Waals surface area (Å²) in [6.45, 7) is 0. The predicted molar refractivity (Wildman–Crippen MR) is 98.8 cm³/mol. The summed E-state index contributed by atoms with van der Waals surface area (Å²) in [5, 5.41) is 16.7. The first-order chi connectivity index (χ1) is 11.5. The van der Waals surface area contributed by atoms with Gasteiger partial charge in [0, 0.05) is 28.5 Å². The molecule has 1 aliphatic heterocycles. The summed E-state index contributed by atoms with van der Waals surface area (Å²) in [4.78, 5) is 14.8. The van der Waals surface area contributed by atoms with Gasteiger partial charge in [0.1, 0.15) is 0 Å². The van der Waals surface area contributed by atoms with Crippen molar-refractivity contribution < 1.29 is 4.92 Å². The number of hydrazone groups is 1. The van der Waals surface area contributed by atoms with Gasteiger partial charge in [-0.25, -0.2) is 4.99 Å². The first-order valence-electron chi connectivity index (χ1n) is 6.77. The molecule has 0 bridgehead atoms. The molecule has 1 heterocycles. The van der Waals surface area contributed by atoms with Crippen LogP contribution in [0.4, 0.5) is 11.4 Å². The Morgan fingerprint density at radius 2 is 2.08 bits per heavy atom. The fourth-order valence-electron chi connectivity index (χ4n) is 2.00. The van der Waals surface area contributed by atoms with E-state index in [-0.39, 0.29) is 5.69 Å². The van der Waals surface area contributed by atoms with Crippen molar-refractivity contribution in [1.29, 1.82) is 0 Å². The van der Waals surface area contributed by atoms with Crippen LogP contribution in [0, 0.1) is 10.1 Å². The lowest BCUT2D eigenvalue weighted by Gasteiger charge is -2.15. The molecule has 0 radical (unpaired) electrons. The van der Waals surface area contributed by atoms with Crippen molar-refractivity contribution in [2.24, 2.45) is 10.1 Å². The highest BCUT2D eigenvalue weighted by Gasteiger charge is 2.16. The quantitative estimate of drug-likeness (QED) is 0.621. The van der Waals surface area contributed by atoms with Gasteiger partial charge in [-0.05, 0) is 18.2 Å². The highest BCUT2D eigenvalue weighted by Crippen LogP contribution is 2.29. The molecule has 9 heteroatoms. The third-order valence-electron chi connectivity index (χ3n) is 3.15. The maximum atomic E-state index is 10.9. The van der Waals surface area contributed by atoms with Crippen LogP contribution in [0.2, 0.25) is 10.0 Å². The van der Waals surface area contributed by atoms with Gasteiger partial charge in [-0.2, -0.15) is 5.10 Å². The minimum Gasteiger partial charge on any atom is -0.258 e. The number of nitrogens with zero attached hydrogens (tertiary/aromatic N) is 3. The van der Waals surface area contributed by atoms with E-state index in [1.165, 1.54) is 23.9 Å². The smallest absolute Gasteiger partial charge is 0.258 e. The van der Waals surface area contributed by atoms with Crippen molar-refractivity contribution in [3.8, 4) is 0 Å². The first-order valence-corrected chi connectivity index (χ1v) is 8.51. The van der Waals surface area contributed by atoms with Crippen LogP contribution in [-0.4, -0.2) is 21.6 Å². The highest BCUT2D eigenvalue weighted by atomic mass is 35.5. The van der Waals surface area contributed by atoms with Gasteiger partial charge >= 0.3 is 0 Å². The van der Waals surface area contributed by atoms with Gasteiger partial charge in [0.05, 0.1) is 21.3 Å². The average molecular weight is 381 g/mol. The Bertz CT molecular complexity index is 870. The van der Waals surface area contributed by atoms with E-state index >= 15 is 0 Å². The van der Waals surface area contributed by atoms with E-state index in [1.807, 2.05) is 0 Å². The number of thioether (sulfide) groups is 1. The van der Waals surface area contributed by atoms with Gasteiger partial charge in [-0.3, -0.25) is 15.5 Å². The molecule has 1 N–H and O–H groups in total. The summed E-state index contributed by atoms with van der Waals surface area (Å²) in [5.41, 5.74) is 4.88. The third-order valence-corrected chi connectivity index (χ3v) is 4.57.